The van der Waals surface area contributed by atoms with Crippen molar-refractivity contribution in [2.75, 3.05) is 0 Å². The van der Waals surface area contributed by atoms with Crippen LogP contribution in [0.15, 0.2) is 47.9 Å². The summed E-state index contributed by atoms with van der Waals surface area (Å²) in [6.45, 7) is 3.23. The topological polar surface area (TPSA) is 72.6 Å². The Morgan fingerprint density at radius 1 is 1.29 bits per heavy atom. The Labute approximate surface area is 98.8 Å². The maximum atomic E-state index is 10.8. The van der Waals surface area contributed by atoms with E-state index >= 15 is 0 Å². The van der Waals surface area contributed by atoms with Crippen LogP contribution in [0.5, 0.6) is 11.5 Å². The zero-order chi connectivity index (χ0) is 12.8. The number of nitrogens with zero attached hydrogens (tertiary/aromatic N) is 1. The molecule has 0 unspecified atom stereocenters. The number of aromatic hydroxyl groups is 1. The van der Waals surface area contributed by atoms with Crippen LogP contribution in [0.2, 0.25) is 0 Å². The molecule has 0 saturated carbocycles. The molecule has 90 valence electrons. The highest BCUT2D eigenvalue weighted by Crippen LogP contribution is 2.21. The van der Waals surface area contributed by atoms with E-state index in [1.165, 1.54) is 36.4 Å². The third-order valence-corrected chi connectivity index (χ3v) is 2.05. The predicted molar refractivity (Wildman–Crippen MR) is 63.2 cm³/mol. The lowest BCUT2D eigenvalue weighted by molar-refractivity contribution is -0.423. The van der Waals surface area contributed by atoms with Crippen molar-refractivity contribution in [3.63, 3.8) is 0 Å². The number of nitro groups is 1. The predicted octanol–water partition coefficient (Wildman–Crippen LogP) is 2.86. The summed E-state index contributed by atoms with van der Waals surface area (Å²) in [6, 6.07) is 5.96. The van der Waals surface area contributed by atoms with Crippen molar-refractivity contribution in [3.8, 4) is 11.5 Å². The Morgan fingerprint density at radius 3 is 2.29 bits per heavy atom. The Hall–Kier alpha value is -2.30. The van der Waals surface area contributed by atoms with E-state index in [4.69, 9.17) is 9.84 Å². The number of phenolic OH excluding ortho intramolecular Hbond substituents is 1. The molecule has 0 atom stereocenters. The van der Waals surface area contributed by atoms with Crippen molar-refractivity contribution in [1.82, 2.24) is 0 Å². The van der Waals surface area contributed by atoms with E-state index in [0.717, 1.165) is 0 Å². The molecule has 0 radical (unpaired) electrons. The summed E-state index contributed by atoms with van der Waals surface area (Å²) in [4.78, 5) is 10.2. The molecule has 1 rings (SSSR count). The molecule has 0 heterocycles. The average Bonchev–Trinajstić information content (AvgIpc) is 2.31. The molecular formula is C12H13NO4. The van der Waals surface area contributed by atoms with Crippen LogP contribution in [0.1, 0.15) is 13.8 Å². The molecule has 0 aliphatic heterocycles. The zero-order valence-electron chi connectivity index (χ0n) is 9.58. The van der Waals surface area contributed by atoms with Gasteiger partial charge in [-0.3, -0.25) is 10.1 Å². The van der Waals surface area contributed by atoms with Crippen LogP contribution in [0.3, 0.4) is 0 Å². The molecule has 0 aliphatic rings. The molecular weight excluding hydrogens is 222 g/mol. The van der Waals surface area contributed by atoms with Gasteiger partial charge in [-0.25, -0.2) is 0 Å². The van der Waals surface area contributed by atoms with Gasteiger partial charge in [0.25, 0.3) is 0 Å². The summed E-state index contributed by atoms with van der Waals surface area (Å²) in [5, 5.41) is 19.9. The number of phenols is 1. The monoisotopic (exact) mass is 235 g/mol. The molecule has 0 spiro atoms. The van der Waals surface area contributed by atoms with Gasteiger partial charge in [-0.05, 0) is 50.3 Å². The van der Waals surface area contributed by atoms with E-state index in [1.807, 2.05) is 0 Å². The van der Waals surface area contributed by atoms with Gasteiger partial charge in [0.2, 0.25) is 0 Å². The highest BCUT2D eigenvalue weighted by atomic mass is 16.6. The molecule has 1 aromatic rings. The van der Waals surface area contributed by atoms with Crippen LogP contribution in [0, 0.1) is 10.1 Å². The minimum Gasteiger partial charge on any atom is -0.508 e. The van der Waals surface area contributed by atoms with E-state index < -0.39 is 4.92 Å². The van der Waals surface area contributed by atoms with Gasteiger partial charge < -0.3 is 9.84 Å². The van der Waals surface area contributed by atoms with E-state index in [-0.39, 0.29) is 17.2 Å². The number of hydrogen-bond donors (Lipinski definition) is 1. The fraction of sp³-hybridized carbons (Fsp3) is 0.167. The zero-order valence-corrected chi connectivity index (χ0v) is 9.58. The summed E-state index contributed by atoms with van der Waals surface area (Å²) in [5.74, 6) is 0.709. The smallest absolute Gasteiger partial charge is 0.306 e. The third-order valence-electron chi connectivity index (χ3n) is 2.05. The van der Waals surface area contributed by atoms with Gasteiger partial charge in [0.1, 0.15) is 11.5 Å². The highest BCUT2D eigenvalue weighted by Gasteiger charge is 2.17. The van der Waals surface area contributed by atoms with E-state index in [0.29, 0.717) is 5.75 Å². The second-order valence-electron chi connectivity index (χ2n) is 3.18. The van der Waals surface area contributed by atoms with Crippen LogP contribution in [0.25, 0.3) is 0 Å². The van der Waals surface area contributed by atoms with Gasteiger partial charge in [-0.1, -0.05) is 0 Å². The summed E-state index contributed by atoms with van der Waals surface area (Å²) < 4.78 is 5.37. The SMILES string of the molecule is C/C=C(Oc1ccc(O)cc1)\C(=C/C)[N+](=O)[O-]. The number of allylic oxidation sites excluding steroid dienone is 2. The van der Waals surface area contributed by atoms with Crippen molar-refractivity contribution >= 4 is 0 Å². The maximum Gasteiger partial charge on any atom is 0.306 e. The number of ether oxygens (including phenoxy) is 1. The lowest BCUT2D eigenvalue weighted by Gasteiger charge is -2.07. The largest absolute Gasteiger partial charge is 0.508 e. The molecule has 1 aromatic carbocycles. The van der Waals surface area contributed by atoms with Gasteiger partial charge in [0.05, 0.1) is 4.92 Å². The van der Waals surface area contributed by atoms with Crippen LogP contribution in [-0.2, 0) is 0 Å². The van der Waals surface area contributed by atoms with E-state index in [9.17, 15) is 10.1 Å². The fourth-order valence-corrected chi connectivity index (χ4v) is 1.24. The summed E-state index contributed by atoms with van der Waals surface area (Å²) in [7, 11) is 0. The van der Waals surface area contributed by atoms with Gasteiger partial charge >= 0.3 is 5.70 Å². The Morgan fingerprint density at radius 2 is 1.88 bits per heavy atom. The molecule has 0 amide bonds. The molecule has 5 nitrogen and oxygen atoms in total. The second kappa shape index (κ2) is 5.69. The van der Waals surface area contributed by atoms with Crippen molar-refractivity contribution in [3.05, 3.63) is 58.0 Å². The third kappa shape index (κ3) is 3.34. The minimum absolute atomic E-state index is 0.0967. The van der Waals surface area contributed by atoms with Crippen LogP contribution < -0.4 is 4.74 Å². The molecule has 17 heavy (non-hydrogen) atoms. The van der Waals surface area contributed by atoms with Crippen molar-refractivity contribution in [2.24, 2.45) is 0 Å². The number of rotatable bonds is 4. The van der Waals surface area contributed by atoms with Crippen molar-refractivity contribution in [2.45, 2.75) is 13.8 Å². The molecule has 0 aromatic heterocycles. The standard InChI is InChI=1S/C12H13NO4/c1-3-11(13(15)16)12(4-2)17-10-7-5-9(14)6-8-10/h3-8,14H,1-2H3/b11-3+,12-4+. The molecule has 1 N–H and O–H groups in total. The van der Waals surface area contributed by atoms with Gasteiger partial charge in [0.15, 0.2) is 5.76 Å². The Bertz CT molecular complexity index is 460. The van der Waals surface area contributed by atoms with Crippen LogP contribution in [0.4, 0.5) is 0 Å². The molecule has 0 aliphatic carbocycles. The molecule has 0 fully saturated rings. The van der Waals surface area contributed by atoms with E-state index in [2.05, 4.69) is 0 Å². The average molecular weight is 235 g/mol. The second-order valence-corrected chi connectivity index (χ2v) is 3.18. The Kier molecular flexibility index (Phi) is 4.28. The minimum atomic E-state index is -0.504. The Balaban J connectivity index is 2.92. The normalized spacial score (nSPS) is 12.4. The maximum absolute atomic E-state index is 10.8. The fourth-order valence-electron chi connectivity index (χ4n) is 1.24. The van der Waals surface area contributed by atoms with Gasteiger partial charge in [-0.15, -0.1) is 0 Å². The first-order valence-corrected chi connectivity index (χ1v) is 5.02. The summed E-state index contributed by atoms with van der Waals surface area (Å²) in [5.41, 5.74) is -0.0967. The summed E-state index contributed by atoms with van der Waals surface area (Å²) >= 11 is 0. The van der Waals surface area contributed by atoms with Gasteiger partial charge in [0, 0.05) is 0 Å². The first kappa shape index (κ1) is 12.8. The molecule has 0 saturated heterocycles. The van der Waals surface area contributed by atoms with Crippen molar-refractivity contribution in [1.29, 1.82) is 0 Å². The number of benzene rings is 1. The number of hydrogen-bond acceptors (Lipinski definition) is 4. The van der Waals surface area contributed by atoms with Crippen molar-refractivity contribution < 1.29 is 14.8 Å². The summed E-state index contributed by atoms with van der Waals surface area (Å²) in [6.07, 6.45) is 2.89. The first-order valence-electron chi connectivity index (χ1n) is 5.02. The van der Waals surface area contributed by atoms with Crippen LogP contribution >= 0.6 is 0 Å². The lowest BCUT2D eigenvalue weighted by Crippen LogP contribution is -2.07. The highest BCUT2D eigenvalue weighted by molar-refractivity contribution is 5.33. The van der Waals surface area contributed by atoms with Gasteiger partial charge in [-0.2, -0.15) is 0 Å². The van der Waals surface area contributed by atoms with E-state index in [1.54, 1.807) is 13.8 Å². The molecule has 5 heteroatoms. The quantitative estimate of drug-likeness (QED) is 0.377. The first-order chi connectivity index (χ1) is 8.08. The lowest BCUT2D eigenvalue weighted by atomic mass is 10.3. The van der Waals surface area contributed by atoms with Crippen LogP contribution in [-0.4, -0.2) is 10.0 Å². The molecule has 0 bridgehead atoms.